The molecule has 2 atom stereocenters. The number of fused-ring (bicyclic) bond motifs is 3. The van der Waals surface area contributed by atoms with Crippen LogP contribution in [0, 0.1) is 5.92 Å². The van der Waals surface area contributed by atoms with Crippen molar-refractivity contribution in [3.63, 3.8) is 0 Å². The Morgan fingerprint density at radius 2 is 1.84 bits per heavy atom. The van der Waals surface area contributed by atoms with Gasteiger partial charge in [0.15, 0.2) is 0 Å². The van der Waals surface area contributed by atoms with Gasteiger partial charge in [0.2, 0.25) is 0 Å². The molecule has 4 heterocycles. The Morgan fingerprint density at radius 3 is 2.56 bits per heavy atom. The van der Waals surface area contributed by atoms with Crippen molar-refractivity contribution in [2.45, 2.75) is 31.6 Å². The fraction of sp³-hybridized carbons (Fsp3) is 0.346. The first kappa shape index (κ1) is 20.6. The predicted octanol–water partition coefficient (Wildman–Crippen LogP) is 4.77. The molecule has 0 spiro atoms. The zero-order valence-electron chi connectivity index (χ0n) is 18.0. The molecular formula is C26H28N2O4. The average molecular weight is 433 g/mol. The molecule has 0 radical (unpaired) electrons. The maximum absolute atomic E-state index is 12.9. The van der Waals surface area contributed by atoms with E-state index in [1.165, 1.54) is 0 Å². The molecule has 1 N–H and O–H groups in total. The number of hydrogen-bond acceptors (Lipinski definition) is 5. The van der Waals surface area contributed by atoms with Gasteiger partial charge in [-0.15, -0.1) is 0 Å². The van der Waals surface area contributed by atoms with Gasteiger partial charge < -0.3 is 19.2 Å². The number of ether oxygens (including phenoxy) is 2. The summed E-state index contributed by atoms with van der Waals surface area (Å²) in [5.41, 5.74) is 1.92. The largest absolute Gasteiger partial charge is 0.486 e. The second kappa shape index (κ2) is 9.49. The molecule has 0 saturated carbocycles. The van der Waals surface area contributed by atoms with E-state index in [0.29, 0.717) is 18.3 Å². The number of nitrogens with one attached hydrogen (secondary N) is 1. The fourth-order valence-electron chi connectivity index (χ4n) is 4.67. The highest BCUT2D eigenvalue weighted by Crippen LogP contribution is 2.30. The van der Waals surface area contributed by atoms with Gasteiger partial charge in [0.1, 0.15) is 24.2 Å². The maximum Gasteiger partial charge on any atom is 0.408 e. The van der Waals surface area contributed by atoms with Crippen LogP contribution in [0.3, 0.4) is 0 Å². The molecule has 6 nitrogen and oxygen atoms in total. The second-order valence-electron chi connectivity index (χ2n) is 8.51. The van der Waals surface area contributed by atoms with Gasteiger partial charge in [-0.3, -0.25) is 4.90 Å². The Kier molecular flexibility index (Phi) is 6.12. The van der Waals surface area contributed by atoms with E-state index in [9.17, 15) is 4.79 Å². The minimum absolute atomic E-state index is 0.0307. The molecule has 1 amide bonds. The molecule has 6 rings (SSSR count). The van der Waals surface area contributed by atoms with Crippen molar-refractivity contribution in [1.29, 1.82) is 0 Å². The number of rotatable bonds is 7. The van der Waals surface area contributed by atoms with Crippen LogP contribution in [0.15, 0.2) is 77.4 Å². The van der Waals surface area contributed by atoms with Crippen molar-refractivity contribution in [1.82, 2.24) is 10.2 Å². The smallest absolute Gasteiger partial charge is 0.408 e. The molecule has 32 heavy (non-hydrogen) atoms. The molecule has 3 aromatic rings. The quantitative estimate of drug-likeness (QED) is 0.583. The third-order valence-electron chi connectivity index (χ3n) is 6.40. The number of carbonyl (C=O) groups is 1. The van der Waals surface area contributed by atoms with Gasteiger partial charge in [-0.1, -0.05) is 42.5 Å². The van der Waals surface area contributed by atoms with Gasteiger partial charge in [0.05, 0.1) is 12.3 Å². The summed E-state index contributed by atoms with van der Waals surface area (Å²) in [5, 5.41) is 3.10. The third kappa shape index (κ3) is 4.81. The van der Waals surface area contributed by atoms with E-state index in [2.05, 4.69) is 10.2 Å². The summed E-state index contributed by atoms with van der Waals surface area (Å²) >= 11 is 0. The molecule has 6 heteroatoms. The van der Waals surface area contributed by atoms with Gasteiger partial charge >= 0.3 is 6.09 Å². The van der Waals surface area contributed by atoms with Crippen molar-refractivity contribution < 1.29 is 18.7 Å². The Hall–Kier alpha value is -3.25. The Bertz CT molecular complexity index is 1010. The number of nitrogens with zero attached hydrogens (tertiary/aromatic N) is 1. The van der Waals surface area contributed by atoms with Gasteiger partial charge in [0, 0.05) is 6.54 Å². The molecule has 1 aromatic heterocycles. The highest BCUT2D eigenvalue weighted by Gasteiger charge is 2.36. The minimum Gasteiger partial charge on any atom is -0.486 e. The van der Waals surface area contributed by atoms with Crippen molar-refractivity contribution >= 4 is 6.09 Å². The van der Waals surface area contributed by atoms with Crippen molar-refractivity contribution in [3.8, 4) is 5.75 Å². The van der Waals surface area contributed by atoms with Crippen LogP contribution >= 0.6 is 0 Å². The maximum atomic E-state index is 12.9. The molecule has 3 aliphatic rings. The van der Waals surface area contributed by atoms with Gasteiger partial charge in [-0.05, 0) is 67.2 Å². The van der Waals surface area contributed by atoms with Crippen molar-refractivity contribution in [2.75, 3.05) is 19.6 Å². The SMILES string of the molecule is O=C(N[C@@H](c1ccccc1)c1cccc(OCc2ccco2)c1)O[C@H]1CN2CCC1CC2. The number of hydrogen-bond donors (Lipinski definition) is 1. The Balaban J connectivity index is 1.31. The van der Waals surface area contributed by atoms with E-state index in [-0.39, 0.29) is 18.2 Å². The van der Waals surface area contributed by atoms with Gasteiger partial charge in [-0.25, -0.2) is 4.79 Å². The van der Waals surface area contributed by atoms with E-state index in [1.54, 1.807) is 6.26 Å². The van der Waals surface area contributed by atoms with Crippen molar-refractivity contribution in [2.24, 2.45) is 5.92 Å². The van der Waals surface area contributed by atoms with Crippen molar-refractivity contribution in [3.05, 3.63) is 89.9 Å². The molecule has 3 saturated heterocycles. The lowest BCUT2D eigenvalue weighted by atomic mass is 9.86. The molecular weight excluding hydrogens is 404 g/mol. The lowest BCUT2D eigenvalue weighted by molar-refractivity contribution is -0.0336. The van der Waals surface area contributed by atoms with E-state index in [1.807, 2.05) is 66.7 Å². The van der Waals surface area contributed by atoms with Crippen LogP contribution in [-0.4, -0.2) is 36.7 Å². The molecule has 3 aliphatic heterocycles. The van der Waals surface area contributed by atoms with Crippen LogP contribution in [0.1, 0.15) is 35.8 Å². The Labute approximate surface area is 188 Å². The van der Waals surface area contributed by atoms with Gasteiger partial charge in [-0.2, -0.15) is 0 Å². The number of alkyl carbamates (subject to hydrolysis) is 1. The first-order valence-electron chi connectivity index (χ1n) is 11.2. The molecule has 2 aromatic carbocycles. The summed E-state index contributed by atoms with van der Waals surface area (Å²) in [6.07, 6.45) is 3.44. The summed E-state index contributed by atoms with van der Waals surface area (Å²) < 4.78 is 17.1. The standard InChI is InChI=1S/C26H28N2O4/c29-26(32-24-17-28-13-11-19(24)12-14-28)27-25(20-6-2-1-3-7-20)21-8-4-9-22(16-21)31-18-23-10-5-15-30-23/h1-10,15-16,19,24-25H,11-14,17-18H2,(H,27,29)/t24-,25-/m0/s1. The van der Waals surface area contributed by atoms with Gasteiger partial charge in [0.25, 0.3) is 0 Å². The number of carbonyl (C=O) groups excluding carboxylic acids is 1. The molecule has 2 bridgehead atoms. The monoisotopic (exact) mass is 432 g/mol. The summed E-state index contributed by atoms with van der Waals surface area (Å²) in [4.78, 5) is 15.3. The summed E-state index contributed by atoms with van der Waals surface area (Å²) in [6, 6.07) is 21.1. The van der Waals surface area contributed by atoms with Crippen LogP contribution in [0.2, 0.25) is 0 Å². The number of benzene rings is 2. The second-order valence-corrected chi connectivity index (χ2v) is 8.51. The third-order valence-corrected chi connectivity index (χ3v) is 6.40. The van der Waals surface area contributed by atoms with E-state index >= 15 is 0 Å². The van der Waals surface area contributed by atoms with Crippen LogP contribution in [0.25, 0.3) is 0 Å². The first-order chi connectivity index (χ1) is 15.7. The van der Waals surface area contributed by atoms with Crippen LogP contribution in [0.5, 0.6) is 5.75 Å². The summed E-state index contributed by atoms with van der Waals surface area (Å²) in [5.74, 6) is 1.95. The lowest BCUT2D eigenvalue weighted by Gasteiger charge is -2.43. The number of amides is 1. The van der Waals surface area contributed by atoms with Crippen LogP contribution < -0.4 is 10.1 Å². The Morgan fingerprint density at radius 1 is 1.03 bits per heavy atom. The first-order valence-corrected chi connectivity index (χ1v) is 11.2. The highest BCUT2D eigenvalue weighted by molar-refractivity contribution is 5.69. The van der Waals surface area contributed by atoms with Crippen LogP contribution in [-0.2, 0) is 11.3 Å². The predicted molar refractivity (Wildman–Crippen MR) is 120 cm³/mol. The normalized spacial score (nSPS) is 22.8. The van der Waals surface area contributed by atoms with E-state index in [0.717, 1.165) is 49.4 Å². The fourth-order valence-corrected chi connectivity index (χ4v) is 4.67. The molecule has 0 aliphatic carbocycles. The van der Waals surface area contributed by atoms with Crippen LogP contribution in [0.4, 0.5) is 4.79 Å². The zero-order valence-corrected chi connectivity index (χ0v) is 18.0. The lowest BCUT2D eigenvalue weighted by Crippen LogP contribution is -2.52. The van der Waals surface area contributed by atoms with E-state index < -0.39 is 0 Å². The summed E-state index contributed by atoms with van der Waals surface area (Å²) in [7, 11) is 0. The number of furan rings is 1. The topological polar surface area (TPSA) is 63.9 Å². The van der Waals surface area contributed by atoms with E-state index in [4.69, 9.17) is 13.9 Å². The zero-order chi connectivity index (χ0) is 21.8. The summed E-state index contributed by atoms with van der Waals surface area (Å²) in [6.45, 7) is 3.42. The average Bonchev–Trinajstić information content (AvgIpc) is 3.37. The number of piperidine rings is 3. The molecule has 3 fully saturated rings. The molecule has 166 valence electrons. The highest BCUT2D eigenvalue weighted by atomic mass is 16.6. The minimum atomic E-state index is -0.375. The molecule has 0 unspecified atom stereocenters.